The van der Waals surface area contributed by atoms with Gasteiger partial charge in [-0.2, -0.15) is 0 Å². The van der Waals surface area contributed by atoms with E-state index in [1.54, 1.807) is 7.11 Å². The highest BCUT2D eigenvalue weighted by Crippen LogP contribution is 2.23. The minimum absolute atomic E-state index is 0.392. The Morgan fingerprint density at radius 3 is 2.47 bits per heavy atom. The molecule has 0 saturated carbocycles. The van der Waals surface area contributed by atoms with Crippen LogP contribution in [-0.2, 0) is 9.47 Å². The third kappa shape index (κ3) is 6.19. The van der Waals surface area contributed by atoms with Crippen LogP contribution in [0.15, 0.2) is 30.3 Å². The van der Waals surface area contributed by atoms with Gasteiger partial charge in [0.25, 0.3) is 0 Å². The number of nitrogens with one attached hydrogen (secondary N) is 1. The monoisotopic (exact) mass is 265 g/mol. The average Bonchev–Trinajstić information content (AvgIpc) is 2.45. The molecule has 0 aliphatic carbocycles. The second-order valence-electron chi connectivity index (χ2n) is 4.90. The van der Waals surface area contributed by atoms with Crippen LogP contribution in [0.25, 0.3) is 0 Å². The summed E-state index contributed by atoms with van der Waals surface area (Å²) in [5.74, 6) is 0.551. The third-order valence-electron chi connectivity index (χ3n) is 3.39. The summed E-state index contributed by atoms with van der Waals surface area (Å²) in [6.45, 7) is 4.65. The molecular formula is C16H27NO2. The predicted molar refractivity (Wildman–Crippen MR) is 79.3 cm³/mol. The molecule has 0 aromatic heterocycles. The quantitative estimate of drug-likeness (QED) is 0.660. The summed E-state index contributed by atoms with van der Waals surface area (Å²) < 4.78 is 10.6. The first-order chi connectivity index (χ1) is 9.29. The molecule has 0 radical (unpaired) electrons. The average molecular weight is 265 g/mol. The molecule has 0 aliphatic heterocycles. The zero-order chi connectivity index (χ0) is 13.9. The fourth-order valence-corrected chi connectivity index (χ4v) is 2.28. The van der Waals surface area contributed by atoms with E-state index in [1.165, 1.54) is 5.56 Å². The lowest BCUT2D eigenvalue weighted by molar-refractivity contribution is 0.0918. The molecule has 0 fully saturated rings. The number of rotatable bonds is 10. The van der Waals surface area contributed by atoms with E-state index in [9.17, 15) is 0 Å². The Morgan fingerprint density at radius 1 is 1.11 bits per heavy atom. The van der Waals surface area contributed by atoms with Gasteiger partial charge in [0.1, 0.15) is 0 Å². The van der Waals surface area contributed by atoms with Crippen LogP contribution < -0.4 is 5.32 Å². The maximum absolute atomic E-state index is 5.63. The Balaban J connectivity index is 2.28. The Labute approximate surface area is 117 Å². The molecule has 3 nitrogen and oxygen atoms in total. The molecule has 0 heterocycles. The molecule has 1 aromatic carbocycles. The van der Waals surface area contributed by atoms with E-state index in [-0.39, 0.29) is 0 Å². The SMILES string of the molecule is CNC(c1ccccc1)C(C)CCOCCCOC. The van der Waals surface area contributed by atoms with Crippen molar-refractivity contribution in [1.29, 1.82) is 0 Å². The fourth-order valence-electron chi connectivity index (χ4n) is 2.28. The normalized spacial score (nSPS) is 14.3. The Morgan fingerprint density at radius 2 is 1.84 bits per heavy atom. The van der Waals surface area contributed by atoms with E-state index >= 15 is 0 Å². The van der Waals surface area contributed by atoms with Gasteiger partial charge in [-0.3, -0.25) is 0 Å². The summed E-state index contributed by atoms with van der Waals surface area (Å²) in [5.41, 5.74) is 1.34. The lowest BCUT2D eigenvalue weighted by Crippen LogP contribution is -2.24. The molecule has 2 atom stereocenters. The number of ether oxygens (including phenoxy) is 2. The van der Waals surface area contributed by atoms with Gasteiger partial charge in [-0.05, 0) is 31.4 Å². The number of benzene rings is 1. The standard InChI is InChI=1S/C16H27NO2/c1-14(10-13-19-12-7-11-18-3)16(17-2)15-8-5-4-6-9-15/h4-6,8-9,14,16-17H,7,10-13H2,1-3H3. The van der Waals surface area contributed by atoms with Crippen LogP contribution in [0.5, 0.6) is 0 Å². The predicted octanol–water partition coefficient (Wildman–Crippen LogP) is 3.03. The molecule has 3 heteroatoms. The lowest BCUT2D eigenvalue weighted by atomic mass is 9.92. The van der Waals surface area contributed by atoms with Gasteiger partial charge in [-0.15, -0.1) is 0 Å². The molecule has 0 saturated heterocycles. The number of hydrogen-bond donors (Lipinski definition) is 1. The van der Waals surface area contributed by atoms with Gasteiger partial charge in [-0.1, -0.05) is 37.3 Å². The zero-order valence-corrected chi connectivity index (χ0v) is 12.4. The van der Waals surface area contributed by atoms with E-state index in [0.29, 0.717) is 12.0 Å². The van der Waals surface area contributed by atoms with Crippen molar-refractivity contribution in [3.8, 4) is 0 Å². The Kier molecular flexibility index (Phi) is 8.47. The summed E-state index contributed by atoms with van der Waals surface area (Å²) >= 11 is 0. The van der Waals surface area contributed by atoms with Crippen molar-refractivity contribution in [2.45, 2.75) is 25.8 Å². The van der Waals surface area contributed by atoms with Gasteiger partial charge < -0.3 is 14.8 Å². The molecule has 0 amide bonds. The summed E-state index contributed by atoms with van der Waals surface area (Å²) in [6.07, 6.45) is 2.03. The maximum Gasteiger partial charge on any atom is 0.0487 e. The van der Waals surface area contributed by atoms with E-state index in [0.717, 1.165) is 32.7 Å². The van der Waals surface area contributed by atoms with Gasteiger partial charge in [0, 0.05) is 33.0 Å². The maximum atomic E-state index is 5.63. The van der Waals surface area contributed by atoms with Gasteiger partial charge in [0.2, 0.25) is 0 Å². The summed E-state index contributed by atoms with van der Waals surface area (Å²) in [7, 11) is 3.74. The van der Waals surface area contributed by atoms with E-state index in [2.05, 4.69) is 42.6 Å². The Bertz CT molecular complexity index is 316. The topological polar surface area (TPSA) is 30.5 Å². The molecule has 0 spiro atoms. The molecule has 19 heavy (non-hydrogen) atoms. The fraction of sp³-hybridized carbons (Fsp3) is 0.625. The van der Waals surface area contributed by atoms with Gasteiger partial charge >= 0.3 is 0 Å². The van der Waals surface area contributed by atoms with Crippen LogP contribution in [-0.4, -0.2) is 34.0 Å². The van der Waals surface area contributed by atoms with E-state index < -0.39 is 0 Å². The molecule has 1 rings (SSSR count). The minimum Gasteiger partial charge on any atom is -0.385 e. The molecule has 2 unspecified atom stereocenters. The van der Waals surface area contributed by atoms with Crippen LogP contribution in [0.3, 0.4) is 0 Å². The highest BCUT2D eigenvalue weighted by atomic mass is 16.5. The highest BCUT2D eigenvalue weighted by Gasteiger charge is 2.16. The highest BCUT2D eigenvalue weighted by molar-refractivity contribution is 5.19. The smallest absolute Gasteiger partial charge is 0.0487 e. The number of hydrogen-bond acceptors (Lipinski definition) is 3. The third-order valence-corrected chi connectivity index (χ3v) is 3.39. The van der Waals surface area contributed by atoms with Crippen molar-refractivity contribution in [3.05, 3.63) is 35.9 Å². The lowest BCUT2D eigenvalue weighted by Gasteiger charge is -2.24. The van der Waals surface area contributed by atoms with Crippen molar-refractivity contribution in [2.75, 3.05) is 34.0 Å². The summed E-state index contributed by atoms with van der Waals surface area (Å²) in [6, 6.07) is 11.0. The van der Waals surface area contributed by atoms with Crippen LogP contribution >= 0.6 is 0 Å². The first-order valence-corrected chi connectivity index (χ1v) is 7.08. The Hall–Kier alpha value is -0.900. The van der Waals surface area contributed by atoms with Crippen LogP contribution in [0.4, 0.5) is 0 Å². The molecule has 0 bridgehead atoms. The van der Waals surface area contributed by atoms with Crippen molar-refractivity contribution >= 4 is 0 Å². The largest absolute Gasteiger partial charge is 0.385 e. The van der Waals surface area contributed by atoms with Crippen molar-refractivity contribution in [2.24, 2.45) is 5.92 Å². The first-order valence-electron chi connectivity index (χ1n) is 7.08. The zero-order valence-electron chi connectivity index (χ0n) is 12.4. The summed E-state index contributed by atoms with van der Waals surface area (Å²) in [5, 5.41) is 3.40. The molecule has 1 aromatic rings. The van der Waals surface area contributed by atoms with Crippen LogP contribution in [0, 0.1) is 5.92 Å². The van der Waals surface area contributed by atoms with Gasteiger partial charge in [-0.25, -0.2) is 0 Å². The van der Waals surface area contributed by atoms with Crippen molar-refractivity contribution < 1.29 is 9.47 Å². The van der Waals surface area contributed by atoms with Crippen molar-refractivity contribution in [1.82, 2.24) is 5.32 Å². The van der Waals surface area contributed by atoms with Gasteiger partial charge in [0.05, 0.1) is 0 Å². The summed E-state index contributed by atoms with van der Waals surface area (Å²) in [4.78, 5) is 0. The molecular weight excluding hydrogens is 238 g/mol. The first kappa shape index (κ1) is 16.2. The van der Waals surface area contributed by atoms with Crippen LogP contribution in [0.2, 0.25) is 0 Å². The molecule has 108 valence electrons. The van der Waals surface area contributed by atoms with E-state index in [4.69, 9.17) is 9.47 Å². The van der Waals surface area contributed by atoms with Crippen molar-refractivity contribution in [3.63, 3.8) is 0 Å². The van der Waals surface area contributed by atoms with Gasteiger partial charge in [0.15, 0.2) is 0 Å². The van der Waals surface area contributed by atoms with Crippen LogP contribution in [0.1, 0.15) is 31.4 Å². The second-order valence-corrected chi connectivity index (χ2v) is 4.90. The van der Waals surface area contributed by atoms with E-state index in [1.807, 2.05) is 7.05 Å². The molecule has 0 aliphatic rings. The molecule has 1 N–H and O–H groups in total. The second kappa shape index (κ2) is 9.96. The minimum atomic E-state index is 0.392. The number of methoxy groups -OCH3 is 1.